The Hall–Kier alpha value is -0.330. The fourth-order valence-electron chi connectivity index (χ4n) is 2.67. The molecule has 1 atom stereocenters. The van der Waals surface area contributed by atoms with Gasteiger partial charge in [0.05, 0.1) is 12.3 Å². The van der Waals surface area contributed by atoms with Crippen molar-refractivity contribution in [3.05, 3.63) is 0 Å². The Balaban J connectivity index is 1.84. The molecule has 0 aromatic carbocycles. The number of hydrogen-bond donors (Lipinski definition) is 0. The summed E-state index contributed by atoms with van der Waals surface area (Å²) in [7, 11) is 0. The van der Waals surface area contributed by atoms with Gasteiger partial charge in [0.15, 0.2) is 0 Å². The van der Waals surface area contributed by atoms with E-state index in [1.807, 2.05) is 0 Å². The molecular formula is C12H20N. The van der Waals surface area contributed by atoms with E-state index in [0.29, 0.717) is 6.04 Å². The highest BCUT2D eigenvalue weighted by molar-refractivity contribution is 5.59. The van der Waals surface area contributed by atoms with E-state index in [4.69, 9.17) is 0 Å². The number of aliphatic imine (C=N–C) groups is 1. The van der Waals surface area contributed by atoms with Gasteiger partial charge in [0, 0.05) is 0 Å². The molecule has 1 fully saturated rings. The third-order valence-corrected chi connectivity index (χ3v) is 3.50. The molecule has 0 aromatic rings. The Morgan fingerprint density at radius 1 is 0.846 bits per heavy atom. The molecule has 2 rings (SSSR count). The van der Waals surface area contributed by atoms with Gasteiger partial charge in [-0.1, -0.05) is 32.1 Å². The van der Waals surface area contributed by atoms with Crippen molar-refractivity contribution in [2.75, 3.05) is 0 Å². The van der Waals surface area contributed by atoms with Gasteiger partial charge in [-0.05, 0) is 31.6 Å². The number of hydrogen-bond acceptors (Lipinski definition) is 1. The molecule has 1 radical (unpaired) electrons. The molecule has 1 heteroatoms. The van der Waals surface area contributed by atoms with Crippen LogP contribution in [0.4, 0.5) is 0 Å². The fourth-order valence-corrected chi connectivity index (χ4v) is 2.67. The van der Waals surface area contributed by atoms with Crippen LogP contribution in [0.5, 0.6) is 0 Å². The van der Waals surface area contributed by atoms with E-state index >= 15 is 0 Å². The Morgan fingerprint density at radius 2 is 1.54 bits per heavy atom. The lowest BCUT2D eigenvalue weighted by Gasteiger charge is -2.23. The molecule has 0 amide bonds. The highest BCUT2D eigenvalue weighted by atomic mass is 14.8. The SMILES string of the molecule is [C]1=NC(C2CCCCCCC2)CC1. The van der Waals surface area contributed by atoms with Gasteiger partial charge in [0.1, 0.15) is 0 Å². The molecule has 2 aliphatic rings. The molecule has 0 spiro atoms. The molecule has 0 N–H and O–H groups in total. The maximum atomic E-state index is 4.48. The Bertz CT molecular complexity index is 166. The smallest absolute Gasteiger partial charge is 0.0562 e. The molecule has 1 aliphatic heterocycles. The van der Waals surface area contributed by atoms with Crippen molar-refractivity contribution in [1.29, 1.82) is 0 Å². The van der Waals surface area contributed by atoms with E-state index in [1.54, 1.807) is 0 Å². The zero-order valence-corrected chi connectivity index (χ0v) is 8.47. The van der Waals surface area contributed by atoms with E-state index in [-0.39, 0.29) is 0 Å². The van der Waals surface area contributed by atoms with E-state index in [1.165, 1.54) is 51.4 Å². The maximum absolute atomic E-state index is 4.48. The van der Waals surface area contributed by atoms with Crippen LogP contribution in [-0.4, -0.2) is 12.3 Å². The van der Waals surface area contributed by atoms with Crippen LogP contribution in [-0.2, 0) is 0 Å². The topological polar surface area (TPSA) is 12.4 Å². The van der Waals surface area contributed by atoms with Gasteiger partial charge in [-0.2, -0.15) is 0 Å². The van der Waals surface area contributed by atoms with Crippen LogP contribution in [0.3, 0.4) is 0 Å². The van der Waals surface area contributed by atoms with Crippen molar-refractivity contribution in [1.82, 2.24) is 0 Å². The first-order valence-electron chi connectivity index (χ1n) is 5.89. The lowest BCUT2D eigenvalue weighted by atomic mass is 9.85. The summed E-state index contributed by atoms with van der Waals surface area (Å²) in [6.45, 7) is 0. The lowest BCUT2D eigenvalue weighted by Crippen LogP contribution is -2.17. The Labute approximate surface area is 81.6 Å². The predicted molar refractivity (Wildman–Crippen MR) is 56.3 cm³/mol. The van der Waals surface area contributed by atoms with Crippen LogP contribution < -0.4 is 0 Å². The summed E-state index contributed by atoms with van der Waals surface area (Å²) >= 11 is 0. The van der Waals surface area contributed by atoms with Gasteiger partial charge in [-0.3, -0.25) is 4.99 Å². The highest BCUT2D eigenvalue weighted by Crippen LogP contribution is 2.29. The third-order valence-electron chi connectivity index (χ3n) is 3.50. The normalized spacial score (nSPS) is 31.5. The van der Waals surface area contributed by atoms with Crippen LogP contribution in [0, 0.1) is 5.92 Å². The third kappa shape index (κ3) is 2.55. The van der Waals surface area contributed by atoms with E-state index in [9.17, 15) is 0 Å². The quantitative estimate of drug-likeness (QED) is 0.583. The minimum Gasteiger partial charge on any atom is -0.284 e. The van der Waals surface area contributed by atoms with Gasteiger partial charge in [-0.15, -0.1) is 0 Å². The second kappa shape index (κ2) is 4.78. The minimum absolute atomic E-state index is 0.651. The summed E-state index contributed by atoms with van der Waals surface area (Å²) in [5.41, 5.74) is 0. The molecule has 1 unspecified atom stereocenters. The summed E-state index contributed by atoms with van der Waals surface area (Å²) in [5.74, 6) is 0.898. The number of nitrogens with zero attached hydrogens (tertiary/aromatic N) is 1. The second-order valence-electron chi connectivity index (χ2n) is 4.50. The van der Waals surface area contributed by atoms with Crippen molar-refractivity contribution in [2.24, 2.45) is 10.9 Å². The predicted octanol–water partition coefficient (Wildman–Crippen LogP) is 3.46. The monoisotopic (exact) mass is 178 g/mol. The first-order valence-corrected chi connectivity index (χ1v) is 5.89. The summed E-state index contributed by atoms with van der Waals surface area (Å²) in [6, 6.07) is 0.651. The second-order valence-corrected chi connectivity index (χ2v) is 4.50. The summed E-state index contributed by atoms with van der Waals surface area (Å²) in [4.78, 5) is 4.48. The average molecular weight is 178 g/mol. The van der Waals surface area contributed by atoms with Crippen molar-refractivity contribution >= 4 is 6.21 Å². The molecule has 1 saturated carbocycles. The van der Waals surface area contributed by atoms with E-state index in [0.717, 1.165) is 12.3 Å². The van der Waals surface area contributed by atoms with Gasteiger partial charge in [0.25, 0.3) is 0 Å². The van der Waals surface area contributed by atoms with Crippen LogP contribution in [0.1, 0.15) is 57.8 Å². The first-order chi connectivity index (χ1) is 6.47. The summed E-state index contributed by atoms with van der Waals surface area (Å²) in [5, 5.41) is 0. The molecule has 0 saturated heterocycles. The van der Waals surface area contributed by atoms with Gasteiger partial charge in [0.2, 0.25) is 0 Å². The standard InChI is InChI=1S/C12H20N/c1-2-4-7-11(8-5-3-1)12-9-6-10-13-12/h11-12H,1-9H2. The summed E-state index contributed by atoms with van der Waals surface area (Å²) < 4.78 is 0. The number of rotatable bonds is 1. The highest BCUT2D eigenvalue weighted by Gasteiger charge is 2.22. The van der Waals surface area contributed by atoms with Gasteiger partial charge >= 0.3 is 0 Å². The van der Waals surface area contributed by atoms with Crippen LogP contribution in [0.25, 0.3) is 0 Å². The minimum atomic E-state index is 0.651. The lowest BCUT2D eigenvalue weighted by molar-refractivity contribution is 0.324. The maximum Gasteiger partial charge on any atom is 0.0562 e. The molecule has 0 bridgehead atoms. The van der Waals surface area contributed by atoms with Gasteiger partial charge in [-0.25, -0.2) is 0 Å². The first kappa shape index (κ1) is 9.23. The van der Waals surface area contributed by atoms with Gasteiger partial charge < -0.3 is 0 Å². The molecule has 1 nitrogen and oxygen atoms in total. The molecule has 0 aromatic heterocycles. The zero-order valence-electron chi connectivity index (χ0n) is 8.47. The Kier molecular flexibility index (Phi) is 3.40. The molecule has 1 aliphatic carbocycles. The fraction of sp³-hybridized carbons (Fsp3) is 0.917. The van der Waals surface area contributed by atoms with E-state index < -0.39 is 0 Å². The summed E-state index contributed by atoms with van der Waals surface area (Å²) in [6.07, 6.45) is 15.6. The molecule has 73 valence electrons. The molecular weight excluding hydrogens is 158 g/mol. The van der Waals surface area contributed by atoms with Crippen molar-refractivity contribution in [3.8, 4) is 0 Å². The van der Waals surface area contributed by atoms with Crippen LogP contribution in [0.15, 0.2) is 4.99 Å². The van der Waals surface area contributed by atoms with Crippen molar-refractivity contribution in [2.45, 2.75) is 63.8 Å². The van der Waals surface area contributed by atoms with Crippen LogP contribution >= 0.6 is 0 Å². The largest absolute Gasteiger partial charge is 0.284 e. The van der Waals surface area contributed by atoms with Crippen LogP contribution in [0.2, 0.25) is 0 Å². The van der Waals surface area contributed by atoms with Crippen molar-refractivity contribution < 1.29 is 0 Å². The zero-order chi connectivity index (χ0) is 8.93. The Morgan fingerprint density at radius 3 is 2.15 bits per heavy atom. The average Bonchev–Trinajstić information content (AvgIpc) is 2.55. The van der Waals surface area contributed by atoms with Crippen molar-refractivity contribution in [3.63, 3.8) is 0 Å². The molecule has 13 heavy (non-hydrogen) atoms. The molecule has 1 heterocycles. The van der Waals surface area contributed by atoms with E-state index in [2.05, 4.69) is 11.2 Å².